The third-order valence-corrected chi connectivity index (χ3v) is 4.38. The predicted octanol–water partition coefficient (Wildman–Crippen LogP) is 2.76. The molecule has 1 N–H and O–H groups in total. The summed E-state index contributed by atoms with van der Waals surface area (Å²) < 4.78 is 0. The molecule has 2 heterocycles. The Bertz CT molecular complexity index is 654. The number of carbonyl (C=O) groups excluding carboxylic acids is 1. The largest absolute Gasteiger partial charge is 0.332 e. The maximum Gasteiger partial charge on any atom is 0.317 e. The molecule has 3 rings (SSSR count). The van der Waals surface area contributed by atoms with Crippen molar-refractivity contribution in [1.29, 1.82) is 0 Å². The second-order valence-corrected chi connectivity index (χ2v) is 6.31. The maximum absolute atomic E-state index is 12.2. The zero-order valence-electron chi connectivity index (χ0n) is 13.5. The number of piperazine rings is 1. The van der Waals surface area contributed by atoms with E-state index in [2.05, 4.69) is 15.2 Å². The van der Waals surface area contributed by atoms with Crippen LogP contribution in [0, 0.1) is 0 Å². The lowest BCUT2D eigenvalue weighted by Crippen LogP contribution is -2.51. The normalized spacial score (nSPS) is 15.3. The van der Waals surface area contributed by atoms with E-state index < -0.39 is 0 Å². The van der Waals surface area contributed by atoms with Crippen LogP contribution in [-0.4, -0.2) is 47.0 Å². The van der Waals surface area contributed by atoms with Crippen molar-refractivity contribution in [2.45, 2.75) is 13.1 Å². The van der Waals surface area contributed by atoms with Crippen molar-refractivity contribution >= 4 is 17.6 Å². The molecule has 0 aliphatic carbocycles. The predicted molar refractivity (Wildman–Crippen MR) is 94.8 cm³/mol. The Hall–Kier alpha value is -2.11. The number of benzene rings is 1. The molecule has 0 atom stereocenters. The first-order valence-electron chi connectivity index (χ1n) is 8.10. The average molecular weight is 345 g/mol. The fourth-order valence-corrected chi connectivity index (χ4v) is 2.86. The van der Waals surface area contributed by atoms with Crippen LogP contribution in [0.5, 0.6) is 0 Å². The maximum atomic E-state index is 12.2. The van der Waals surface area contributed by atoms with Crippen LogP contribution in [0.15, 0.2) is 48.7 Å². The third-order valence-electron chi connectivity index (χ3n) is 4.13. The summed E-state index contributed by atoms with van der Waals surface area (Å²) in [5.41, 5.74) is 2.11. The number of hydrogen-bond acceptors (Lipinski definition) is 3. The zero-order valence-corrected chi connectivity index (χ0v) is 14.2. The lowest BCUT2D eigenvalue weighted by atomic mass is 10.2. The van der Waals surface area contributed by atoms with Crippen molar-refractivity contribution in [2.75, 3.05) is 26.2 Å². The smallest absolute Gasteiger partial charge is 0.317 e. The summed E-state index contributed by atoms with van der Waals surface area (Å²) >= 11 is 5.91. The van der Waals surface area contributed by atoms with Crippen LogP contribution in [0.3, 0.4) is 0 Å². The van der Waals surface area contributed by atoms with Crippen molar-refractivity contribution in [3.63, 3.8) is 0 Å². The minimum Gasteiger partial charge on any atom is -0.332 e. The summed E-state index contributed by atoms with van der Waals surface area (Å²) in [4.78, 5) is 20.7. The van der Waals surface area contributed by atoms with Crippen LogP contribution < -0.4 is 5.32 Å². The number of rotatable bonds is 4. The van der Waals surface area contributed by atoms with E-state index >= 15 is 0 Å². The van der Waals surface area contributed by atoms with Crippen LogP contribution >= 0.6 is 11.6 Å². The molecule has 0 radical (unpaired) electrons. The monoisotopic (exact) mass is 344 g/mol. The van der Waals surface area contributed by atoms with Crippen LogP contribution in [-0.2, 0) is 13.1 Å². The molecule has 0 spiro atoms. The van der Waals surface area contributed by atoms with Gasteiger partial charge in [-0.05, 0) is 29.8 Å². The Kier molecular flexibility index (Phi) is 5.67. The number of nitrogens with one attached hydrogen (secondary N) is 1. The van der Waals surface area contributed by atoms with Gasteiger partial charge in [0.05, 0.1) is 12.2 Å². The summed E-state index contributed by atoms with van der Waals surface area (Å²) in [7, 11) is 0. The number of amides is 2. The molecule has 1 fully saturated rings. The number of hydrogen-bond donors (Lipinski definition) is 1. The first kappa shape index (κ1) is 16.7. The van der Waals surface area contributed by atoms with Gasteiger partial charge in [-0.3, -0.25) is 9.88 Å². The molecule has 1 aliphatic heterocycles. The van der Waals surface area contributed by atoms with E-state index in [0.717, 1.165) is 43.4 Å². The molecule has 126 valence electrons. The van der Waals surface area contributed by atoms with Gasteiger partial charge in [0.1, 0.15) is 0 Å². The van der Waals surface area contributed by atoms with Gasteiger partial charge in [-0.2, -0.15) is 0 Å². The van der Waals surface area contributed by atoms with E-state index in [1.807, 2.05) is 47.4 Å². The van der Waals surface area contributed by atoms with Crippen molar-refractivity contribution in [1.82, 2.24) is 20.1 Å². The molecule has 1 aromatic heterocycles. The van der Waals surface area contributed by atoms with Gasteiger partial charge in [0.25, 0.3) is 0 Å². The van der Waals surface area contributed by atoms with Crippen molar-refractivity contribution in [3.05, 3.63) is 64.9 Å². The SMILES string of the molecule is O=C(NCc1ccccn1)N1CCN(Cc2ccc(Cl)cc2)CC1. The summed E-state index contributed by atoms with van der Waals surface area (Å²) in [6.45, 7) is 4.58. The number of urea groups is 1. The first-order chi connectivity index (χ1) is 11.7. The first-order valence-corrected chi connectivity index (χ1v) is 8.48. The molecule has 24 heavy (non-hydrogen) atoms. The molecule has 5 nitrogen and oxygen atoms in total. The number of halogens is 1. The van der Waals surface area contributed by atoms with E-state index in [4.69, 9.17) is 11.6 Å². The number of nitrogens with zero attached hydrogens (tertiary/aromatic N) is 3. The standard InChI is InChI=1S/C18H21ClN4O/c19-16-6-4-15(5-7-16)14-22-9-11-23(12-10-22)18(24)21-13-17-3-1-2-8-20-17/h1-8H,9-14H2,(H,21,24). The van der Waals surface area contributed by atoms with E-state index in [9.17, 15) is 4.79 Å². The summed E-state index contributed by atoms with van der Waals surface area (Å²) in [6, 6.07) is 13.6. The number of aromatic nitrogens is 1. The lowest BCUT2D eigenvalue weighted by Gasteiger charge is -2.34. The highest BCUT2D eigenvalue weighted by Crippen LogP contribution is 2.13. The van der Waals surface area contributed by atoms with E-state index in [1.165, 1.54) is 5.56 Å². The quantitative estimate of drug-likeness (QED) is 0.927. The van der Waals surface area contributed by atoms with Gasteiger partial charge in [0.2, 0.25) is 0 Å². The molecule has 1 aromatic carbocycles. The van der Waals surface area contributed by atoms with E-state index in [0.29, 0.717) is 6.54 Å². The summed E-state index contributed by atoms with van der Waals surface area (Å²) in [6.07, 6.45) is 1.73. The Morgan fingerprint density at radius 1 is 1.08 bits per heavy atom. The fraction of sp³-hybridized carbons (Fsp3) is 0.333. The van der Waals surface area contributed by atoms with Gasteiger partial charge >= 0.3 is 6.03 Å². The third kappa shape index (κ3) is 4.69. The van der Waals surface area contributed by atoms with E-state index in [1.54, 1.807) is 6.20 Å². The highest BCUT2D eigenvalue weighted by Gasteiger charge is 2.20. The molecule has 6 heteroatoms. The molecule has 0 saturated carbocycles. The van der Waals surface area contributed by atoms with Gasteiger partial charge in [-0.15, -0.1) is 0 Å². The summed E-state index contributed by atoms with van der Waals surface area (Å²) in [5.74, 6) is 0. The lowest BCUT2D eigenvalue weighted by molar-refractivity contribution is 0.135. The second-order valence-electron chi connectivity index (χ2n) is 5.87. The molecule has 2 amide bonds. The molecule has 1 aliphatic rings. The number of pyridine rings is 1. The van der Waals surface area contributed by atoms with Gasteiger partial charge in [-0.25, -0.2) is 4.79 Å². The molecule has 0 unspecified atom stereocenters. The van der Waals surface area contributed by atoms with Crippen LogP contribution in [0.2, 0.25) is 5.02 Å². The fourth-order valence-electron chi connectivity index (χ4n) is 2.74. The van der Waals surface area contributed by atoms with Gasteiger partial charge < -0.3 is 10.2 Å². The van der Waals surface area contributed by atoms with Gasteiger partial charge in [0.15, 0.2) is 0 Å². The minimum absolute atomic E-state index is 0.0215. The Balaban J connectivity index is 1.42. The van der Waals surface area contributed by atoms with Gasteiger partial charge in [0, 0.05) is 43.9 Å². The van der Waals surface area contributed by atoms with Crippen molar-refractivity contribution in [3.8, 4) is 0 Å². The Morgan fingerprint density at radius 2 is 1.83 bits per heavy atom. The molecular formula is C18H21ClN4O. The van der Waals surface area contributed by atoms with Crippen molar-refractivity contribution < 1.29 is 4.79 Å². The van der Waals surface area contributed by atoms with Crippen LogP contribution in [0.25, 0.3) is 0 Å². The summed E-state index contributed by atoms with van der Waals surface area (Å²) in [5, 5.41) is 3.69. The second kappa shape index (κ2) is 8.13. The van der Waals surface area contributed by atoms with Gasteiger partial charge in [-0.1, -0.05) is 29.8 Å². The van der Waals surface area contributed by atoms with Crippen LogP contribution in [0.4, 0.5) is 4.79 Å². The van der Waals surface area contributed by atoms with Crippen molar-refractivity contribution in [2.24, 2.45) is 0 Å². The van der Waals surface area contributed by atoms with E-state index in [-0.39, 0.29) is 6.03 Å². The minimum atomic E-state index is -0.0215. The topological polar surface area (TPSA) is 48.5 Å². The molecule has 1 saturated heterocycles. The highest BCUT2D eigenvalue weighted by molar-refractivity contribution is 6.30. The molecular weight excluding hydrogens is 324 g/mol. The highest BCUT2D eigenvalue weighted by atomic mass is 35.5. The average Bonchev–Trinajstić information content (AvgIpc) is 2.63. The van der Waals surface area contributed by atoms with Crippen LogP contribution in [0.1, 0.15) is 11.3 Å². The zero-order chi connectivity index (χ0) is 16.8. The molecule has 2 aromatic rings. The Morgan fingerprint density at radius 3 is 2.50 bits per heavy atom. The Labute approximate surface area is 147 Å². The number of carbonyl (C=O) groups is 1. The molecule has 0 bridgehead atoms.